The number of ether oxygens (including phenoxy) is 1. The van der Waals surface area contributed by atoms with Crippen LogP contribution in [-0.4, -0.2) is 19.2 Å². The maximum absolute atomic E-state index is 8.49. The molecule has 0 spiro atoms. The van der Waals surface area contributed by atoms with Crippen LogP contribution >= 0.6 is 0 Å². The molecule has 0 saturated heterocycles. The van der Waals surface area contributed by atoms with Gasteiger partial charge in [-0.05, 0) is 43.7 Å². The second-order valence-electron chi connectivity index (χ2n) is 5.14. The maximum atomic E-state index is 8.49. The van der Waals surface area contributed by atoms with Crippen LogP contribution in [0.15, 0.2) is 24.3 Å². The van der Waals surface area contributed by atoms with Gasteiger partial charge in [-0.15, -0.1) is 0 Å². The molecule has 1 aromatic rings. The van der Waals surface area contributed by atoms with Gasteiger partial charge in [0.25, 0.3) is 0 Å². The van der Waals surface area contributed by atoms with Gasteiger partial charge < -0.3 is 15.8 Å². The average Bonchev–Trinajstić information content (AvgIpc) is 2.45. The van der Waals surface area contributed by atoms with E-state index in [1.54, 1.807) is 0 Å². The summed E-state index contributed by atoms with van der Waals surface area (Å²) in [6.45, 7) is 1.07. The molecule has 1 aliphatic rings. The molecule has 3 N–H and O–H groups in total. The first-order valence-corrected chi connectivity index (χ1v) is 6.87. The van der Waals surface area contributed by atoms with E-state index in [0.717, 1.165) is 30.8 Å². The summed E-state index contributed by atoms with van der Waals surface area (Å²) < 4.78 is 5.28. The molecule has 1 saturated carbocycles. The Balaban J connectivity index is 1.80. The molecule has 0 heterocycles. The third-order valence-corrected chi connectivity index (χ3v) is 3.62. The molecule has 0 aromatic heterocycles. The molecule has 19 heavy (non-hydrogen) atoms. The maximum Gasteiger partial charge on any atom is 0.174 e. The van der Waals surface area contributed by atoms with Crippen molar-refractivity contribution in [2.24, 2.45) is 11.7 Å². The van der Waals surface area contributed by atoms with Gasteiger partial charge in [0.1, 0.15) is 11.8 Å². The van der Waals surface area contributed by atoms with Gasteiger partial charge in [0.2, 0.25) is 0 Å². The fourth-order valence-electron chi connectivity index (χ4n) is 2.47. The molecule has 1 aliphatic carbocycles. The summed E-state index contributed by atoms with van der Waals surface area (Å²) in [4.78, 5) is 0. The van der Waals surface area contributed by atoms with Gasteiger partial charge in [0.15, 0.2) is 6.61 Å². The van der Waals surface area contributed by atoms with Gasteiger partial charge in [-0.1, -0.05) is 6.07 Å². The Hall–Kier alpha value is -1.73. The zero-order valence-corrected chi connectivity index (χ0v) is 11.1. The van der Waals surface area contributed by atoms with Crippen molar-refractivity contribution in [3.05, 3.63) is 24.3 Å². The third kappa shape index (κ3) is 4.46. The first-order valence-electron chi connectivity index (χ1n) is 6.87. The predicted octanol–water partition coefficient (Wildman–Crippen LogP) is 2.52. The van der Waals surface area contributed by atoms with Gasteiger partial charge in [-0.2, -0.15) is 5.26 Å². The van der Waals surface area contributed by atoms with Gasteiger partial charge >= 0.3 is 0 Å². The lowest BCUT2D eigenvalue weighted by Gasteiger charge is -2.26. The Labute approximate surface area is 114 Å². The fourth-order valence-corrected chi connectivity index (χ4v) is 2.47. The van der Waals surface area contributed by atoms with E-state index in [2.05, 4.69) is 5.32 Å². The number of rotatable bonds is 5. The van der Waals surface area contributed by atoms with Crippen molar-refractivity contribution < 1.29 is 4.74 Å². The molecule has 0 unspecified atom stereocenters. The zero-order valence-electron chi connectivity index (χ0n) is 11.1. The summed E-state index contributed by atoms with van der Waals surface area (Å²) in [6.07, 6.45) is 4.69. The molecule has 0 atom stereocenters. The van der Waals surface area contributed by atoms with E-state index in [4.69, 9.17) is 15.7 Å². The summed E-state index contributed by atoms with van der Waals surface area (Å²) >= 11 is 0. The SMILES string of the molecule is N#CCOc1cccc(NC[C@H]2CC[C@H](N)CC2)c1. The quantitative estimate of drug-likeness (QED) is 0.852. The van der Waals surface area contributed by atoms with Crippen LogP contribution in [0.2, 0.25) is 0 Å². The highest BCUT2D eigenvalue weighted by molar-refractivity contribution is 5.48. The van der Waals surface area contributed by atoms with Gasteiger partial charge in [0.05, 0.1) is 0 Å². The highest BCUT2D eigenvalue weighted by Gasteiger charge is 2.17. The molecular weight excluding hydrogens is 238 g/mol. The number of nitrogens with zero attached hydrogens (tertiary/aromatic N) is 1. The van der Waals surface area contributed by atoms with Crippen LogP contribution in [0.1, 0.15) is 25.7 Å². The van der Waals surface area contributed by atoms with Gasteiger partial charge in [0, 0.05) is 24.3 Å². The van der Waals surface area contributed by atoms with Crippen molar-refractivity contribution in [2.75, 3.05) is 18.5 Å². The normalized spacial score (nSPS) is 22.5. The summed E-state index contributed by atoms with van der Waals surface area (Å²) in [6, 6.07) is 10.1. The molecular formula is C15H21N3O. The number of nitrogens with two attached hydrogens (primary N) is 1. The number of nitriles is 1. The van der Waals surface area contributed by atoms with Crippen LogP contribution in [0.25, 0.3) is 0 Å². The van der Waals surface area contributed by atoms with E-state index in [0.29, 0.717) is 12.0 Å². The predicted molar refractivity (Wildman–Crippen MR) is 76.0 cm³/mol. The molecule has 4 nitrogen and oxygen atoms in total. The molecule has 0 aliphatic heterocycles. The van der Waals surface area contributed by atoms with Crippen LogP contribution in [0, 0.1) is 17.2 Å². The van der Waals surface area contributed by atoms with E-state index in [-0.39, 0.29) is 6.61 Å². The van der Waals surface area contributed by atoms with Crippen molar-refractivity contribution in [1.82, 2.24) is 0 Å². The Morgan fingerprint density at radius 3 is 2.84 bits per heavy atom. The topological polar surface area (TPSA) is 71.1 Å². The van der Waals surface area contributed by atoms with E-state index in [9.17, 15) is 0 Å². The van der Waals surface area contributed by atoms with E-state index >= 15 is 0 Å². The van der Waals surface area contributed by atoms with Crippen molar-refractivity contribution in [1.29, 1.82) is 5.26 Å². The molecule has 102 valence electrons. The van der Waals surface area contributed by atoms with Crippen molar-refractivity contribution in [3.8, 4) is 11.8 Å². The van der Waals surface area contributed by atoms with Gasteiger partial charge in [-0.3, -0.25) is 0 Å². The van der Waals surface area contributed by atoms with Crippen LogP contribution < -0.4 is 15.8 Å². The van der Waals surface area contributed by atoms with Gasteiger partial charge in [-0.25, -0.2) is 0 Å². The number of benzene rings is 1. The standard InChI is InChI=1S/C15H21N3O/c16-8-9-19-15-3-1-2-14(10-15)18-11-12-4-6-13(17)7-5-12/h1-3,10,12-13,18H,4-7,9,11,17H2/t12-,13-. The summed E-state index contributed by atoms with van der Waals surface area (Å²) in [5, 5.41) is 11.9. The lowest BCUT2D eigenvalue weighted by Crippen LogP contribution is -2.29. The molecule has 0 bridgehead atoms. The summed E-state index contributed by atoms with van der Waals surface area (Å²) in [7, 11) is 0. The average molecular weight is 259 g/mol. The molecule has 1 aromatic carbocycles. The van der Waals surface area contributed by atoms with Crippen molar-refractivity contribution in [2.45, 2.75) is 31.7 Å². The summed E-state index contributed by atoms with van der Waals surface area (Å²) in [5.41, 5.74) is 6.95. The monoisotopic (exact) mass is 259 g/mol. The summed E-state index contributed by atoms with van der Waals surface area (Å²) in [5.74, 6) is 1.45. The van der Waals surface area contributed by atoms with Crippen LogP contribution in [0.5, 0.6) is 5.75 Å². The highest BCUT2D eigenvalue weighted by Crippen LogP contribution is 2.24. The Kier molecular flexibility index (Phi) is 5.05. The molecule has 1 fully saturated rings. The fraction of sp³-hybridized carbons (Fsp3) is 0.533. The zero-order chi connectivity index (χ0) is 13.5. The number of hydrogen-bond donors (Lipinski definition) is 2. The minimum atomic E-state index is 0.0873. The third-order valence-electron chi connectivity index (χ3n) is 3.62. The Morgan fingerprint density at radius 1 is 1.32 bits per heavy atom. The molecule has 0 amide bonds. The number of nitrogens with one attached hydrogen (secondary N) is 1. The molecule has 4 heteroatoms. The van der Waals surface area contributed by atoms with Crippen molar-refractivity contribution >= 4 is 5.69 Å². The Morgan fingerprint density at radius 2 is 2.11 bits per heavy atom. The second kappa shape index (κ2) is 7.01. The minimum absolute atomic E-state index is 0.0873. The second-order valence-corrected chi connectivity index (χ2v) is 5.14. The van der Waals surface area contributed by atoms with Crippen LogP contribution in [-0.2, 0) is 0 Å². The van der Waals surface area contributed by atoms with Crippen LogP contribution in [0.3, 0.4) is 0 Å². The lowest BCUT2D eigenvalue weighted by molar-refractivity contribution is 0.338. The minimum Gasteiger partial charge on any atom is -0.479 e. The highest BCUT2D eigenvalue weighted by atomic mass is 16.5. The first kappa shape index (κ1) is 13.7. The smallest absolute Gasteiger partial charge is 0.174 e. The van der Waals surface area contributed by atoms with Crippen LogP contribution in [0.4, 0.5) is 5.69 Å². The lowest BCUT2D eigenvalue weighted by atomic mass is 9.86. The number of hydrogen-bond acceptors (Lipinski definition) is 4. The largest absolute Gasteiger partial charge is 0.479 e. The molecule has 2 rings (SSSR count). The first-order chi connectivity index (χ1) is 9.28. The molecule has 0 radical (unpaired) electrons. The van der Waals surface area contributed by atoms with E-state index in [1.807, 2.05) is 30.3 Å². The van der Waals surface area contributed by atoms with Crippen molar-refractivity contribution in [3.63, 3.8) is 0 Å². The van der Waals surface area contributed by atoms with E-state index < -0.39 is 0 Å². The number of anilines is 1. The Bertz CT molecular complexity index is 433. The van der Waals surface area contributed by atoms with E-state index in [1.165, 1.54) is 12.8 Å².